The van der Waals surface area contributed by atoms with E-state index in [4.69, 9.17) is 38.9 Å². The Labute approximate surface area is 388 Å². The van der Waals surface area contributed by atoms with Crippen molar-refractivity contribution in [1.82, 2.24) is 29.7 Å². The smallest absolute Gasteiger partial charge is 0.229 e. The highest BCUT2D eigenvalue weighted by Gasteiger charge is 2.47. The molecule has 0 amide bonds. The predicted molar refractivity (Wildman–Crippen MR) is 260 cm³/mol. The van der Waals surface area contributed by atoms with Gasteiger partial charge >= 0.3 is 0 Å². The van der Waals surface area contributed by atoms with E-state index in [1.165, 1.54) is 25.7 Å². The summed E-state index contributed by atoms with van der Waals surface area (Å²) in [5.41, 5.74) is 6.48. The number of pyridine rings is 2. The number of piperidine rings is 6. The molecule has 10 atom stereocenters. The third-order valence-corrected chi connectivity index (χ3v) is 15.5. The van der Waals surface area contributed by atoms with Crippen molar-refractivity contribution in [3.05, 3.63) is 133 Å². The van der Waals surface area contributed by atoms with Gasteiger partial charge in [-0.3, -0.25) is 19.8 Å². The molecule has 4 aromatic carbocycles. The quantitative estimate of drug-likeness (QED) is 0.105. The topological polar surface area (TPSA) is 95.0 Å². The molecule has 6 fully saturated rings. The van der Waals surface area contributed by atoms with Crippen LogP contribution in [-0.2, 0) is 0 Å². The van der Waals surface area contributed by atoms with E-state index in [1.54, 1.807) is 14.2 Å². The largest absolute Gasteiger partial charge is 0.497 e. The Balaban J connectivity index is 1.13. The van der Waals surface area contributed by atoms with Gasteiger partial charge in [-0.25, -0.2) is 0 Å². The summed E-state index contributed by atoms with van der Waals surface area (Å²) in [6, 6.07) is 37.9. The fourth-order valence-corrected chi connectivity index (χ4v) is 12.1. The van der Waals surface area contributed by atoms with Crippen LogP contribution in [0, 0.1) is 17.8 Å². The fourth-order valence-electron chi connectivity index (χ4n) is 12.1. The zero-order valence-electron chi connectivity index (χ0n) is 38.6. The second-order valence-electron chi connectivity index (χ2n) is 18.9. The van der Waals surface area contributed by atoms with Gasteiger partial charge in [0.25, 0.3) is 0 Å². The van der Waals surface area contributed by atoms with E-state index in [0.717, 1.165) is 100 Å². The average Bonchev–Trinajstić information content (AvgIpc) is 3.39. The molecule has 0 saturated carbocycles. The van der Waals surface area contributed by atoms with Crippen LogP contribution in [0.4, 0.5) is 0 Å². The number of aromatic nitrogens is 4. The minimum Gasteiger partial charge on any atom is -0.497 e. The molecule has 6 aliphatic rings. The maximum absolute atomic E-state index is 7.79. The van der Waals surface area contributed by atoms with Gasteiger partial charge in [-0.15, -0.1) is 0 Å². The van der Waals surface area contributed by atoms with Gasteiger partial charge in [0.1, 0.15) is 29.3 Å². The van der Waals surface area contributed by atoms with Gasteiger partial charge in [0, 0.05) is 52.4 Å². The van der Waals surface area contributed by atoms with Gasteiger partial charge in [0.05, 0.1) is 37.3 Å². The predicted octanol–water partition coefficient (Wildman–Crippen LogP) is 11.5. The summed E-state index contributed by atoms with van der Waals surface area (Å²) in [7, 11) is 3.44. The summed E-state index contributed by atoms with van der Waals surface area (Å²) in [5.74, 6) is 5.03. The van der Waals surface area contributed by atoms with E-state index in [1.807, 2.05) is 54.9 Å². The van der Waals surface area contributed by atoms with Crippen molar-refractivity contribution in [2.24, 2.45) is 17.8 Å². The summed E-state index contributed by atoms with van der Waals surface area (Å²) in [4.78, 5) is 26.0. The average molecular weight is 881 g/mol. The minimum atomic E-state index is -0.396. The van der Waals surface area contributed by atoms with Gasteiger partial charge < -0.3 is 18.9 Å². The van der Waals surface area contributed by atoms with E-state index in [2.05, 4.69) is 90.4 Å². The van der Waals surface area contributed by atoms with Crippen molar-refractivity contribution in [2.75, 3.05) is 33.9 Å². The summed E-state index contributed by atoms with van der Waals surface area (Å²) in [6.45, 7) is 7.81. The van der Waals surface area contributed by atoms with E-state index >= 15 is 0 Å². The normalized spacial score (nSPS) is 25.4. The number of hydrogen-bond acceptors (Lipinski definition) is 10. The summed E-state index contributed by atoms with van der Waals surface area (Å²) in [5, 5.41) is 2.03. The van der Waals surface area contributed by atoms with Crippen LogP contribution in [0.15, 0.2) is 122 Å². The fraction of sp³-hybridized carbons (Fsp3) is 0.393. The first kappa shape index (κ1) is 42.5. The molecule has 7 aromatic rings. The highest BCUT2D eigenvalue weighted by Crippen LogP contribution is 2.50. The lowest BCUT2D eigenvalue weighted by atomic mass is 9.72. The first-order valence-corrected chi connectivity index (χ1v) is 24.2. The Bertz CT molecular complexity index is 2830. The van der Waals surface area contributed by atoms with Gasteiger partial charge in [0.15, 0.2) is 5.82 Å². The minimum absolute atomic E-state index is 0.102. The van der Waals surface area contributed by atoms with Crippen LogP contribution in [0.1, 0.15) is 82.1 Å². The lowest BCUT2D eigenvalue weighted by Gasteiger charge is -2.52. The van der Waals surface area contributed by atoms with Crippen molar-refractivity contribution in [3.8, 4) is 45.8 Å². The van der Waals surface area contributed by atoms with E-state index in [0.29, 0.717) is 41.4 Å². The molecule has 66 heavy (non-hydrogen) atoms. The van der Waals surface area contributed by atoms with Crippen LogP contribution in [0.25, 0.3) is 44.3 Å². The number of benzene rings is 4. The molecule has 4 bridgehead atoms. The second kappa shape index (κ2) is 18.3. The molecule has 0 radical (unpaired) electrons. The highest BCUT2D eigenvalue weighted by atomic mass is 16.5. The SMILES string of the molecule is CCC1CN2CCC1CC2[C@H](Oc1nc(-c2ccccc2)nc(O[C@H](c2ccnc3ccc(OC)cc23)C2CC3CCN2C(CC)C3)c1-c1ccccc1)c1ccnc2ccc(OC)cc12. The first-order valence-electron chi connectivity index (χ1n) is 24.2. The molecular formula is C56H60N6O4. The molecule has 6 saturated heterocycles. The Hall–Kier alpha value is -6.10. The lowest BCUT2D eigenvalue weighted by Crippen LogP contribution is -2.57. The standard InChI is InChI=1S/C56H60N6O4/c1-5-36-34-61-27-24-39(36)31-49(61)52(43-21-25-57-47-19-17-41(63-3)32-45(43)47)65-55-51(37-13-9-7-10-14-37)56(60-54(59-55)38-15-11-8-12-16-38)66-53(50-30-35-23-28-62(50)40(6-2)29-35)44-22-26-58-48-20-18-42(64-4)33-46(44)48/h7-22,25-26,32-33,35-36,39-40,49-50,52-53H,5-6,23-24,27-31,34H2,1-4H3/t35?,36?,39?,40?,49?,50?,52-,53-/m1/s1. The molecule has 10 nitrogen and oxygen atoms in total. The molecule has 3 aromatic heterocycles. The number of methoxy groups -OCH3 is 2. The Kier molecular flexibility index (Phi) is 11.8. The van der Waals surface area contributed by atoms with Crippen molar-refractivity contribution in [2.45, 2.75) is 89.1 Å². The molecule has 6 aliphatic heterocycles. The molecular weight excluding hydrogens is 821 g/mol. The molecule has 0 spiro atoms. The third kappa shape index (κ3) is 7.91. The van der Waals surface area contributed by atoms with Crippen molar-refractivity contribution < 1.29 is 18.9 Å². The summed E-state index contributed by atoms with van der Waals surface area (Å²) in [6.07, 6.45) is 11.0. The second-order valence-corrected chi connectivity index (χ2v) is 18.9. The number of hydrogen-bond donors (Lipinski definition) is 0. The van der Waals surface area contributed by atoms with Gasteiger partial charge in [-0.1, -0.05) is 80.9 Å². The van der Waals surface area contributed by atoms with Crippen LogP contribution < -0.4 is 18.9 Å². The number of rotatable bonds is 14. The summed E-state index contributed by atoms with van der Waals surface area (Å²) < 4.78 is 27.2. The Morgan fingerprint density at radius 3 is 1.77 bits per heavy atom. The van der Waals surface area contributed by atoms with Crippen LogP contribution in [0.2, 0.25) is 0 Å². The van der Waals surface area contributed by atoms with Crippen molar-refractivity contribution in [1.29, 1.82) is 0 Å². The molecule has 13 rings (SSSR count). The maximum atomic E-state index is 7.79. The van der Waals surface area contributed by atoms with E-state index in [9.17, 15) is 0 Å². The van der Waals surface area contributed by atoms with E-state index in [-0.39, 0.29) is 12.1 Å². The van der Waals surface area contributed by atoms with Crippen LogP contribution in [0.5, 0.6) is 23.3 Å². The van der Waals surface area contributed by atoms with Gasteiger partial charge in [0.2, 0.25) is 11.8 Å². The molecule has 10 heteroatoms. The molecule has 338 valence electrons. The number of fused-ring (bicyclic) bond motifs is 8. The number of ether oxygens (including phenoxy) is 4. The van der Waals surface area contributed by atoms with Crippen molar-refractivity contribution in [3.63, 3.8) is 0 Å². The van der Waals surface area contributed by atoms with Crippen LogP contribution >= 0.6 is 0 Å². The number of nitrogens with zero attached hydrogens (tertiary/aromatic N) is 6. The first-order chi connectivity index (χ1) is 32.5. The molecule has 0 N–H and O–H groups in total. The van der Waals surface area contributed by atoms with Crippen LogP contribution in [0.3, 0.4) is 0 Å². The lowest BCUT2D eigenvalue weighted by molar-refractivity contribution is -0.0551. The van der Waals surface area contributed by atoms with E-state index < -0.39 is 12.2 Å². The molecule has 0 aliphatic carbocycles. The zero-order chi connectivity index (χ0) is 44.7. The van der Waals surface area contributed by atoms with Crippen molar-refractivity contribution >= 4 is 21.8 Å². The Morgan fingerprint density at radius 2 is 1.23 bits per heavy atom. The molecule has 8 unspecified atom stereocenters. The maximum Gasteiger partial charge on any atom is 0.229 e. The summed E-state index contributed by atoms with van der Waals surface area (Å²) >= 11 is 0. The Morgan fingerprint density at radius 1 is 0.621 bits per heavy atom. The van der Waals surface area contributed by atoms with Gasteiger partial charge in [-0.05, 0) is 123 Å². The third-order valence-electron chi connectivity index (χ3n) is 15.5. The monoisotopic (exact) mass is 880 g/mol. The van der Waals surface area contributed by atoms with Gasteiger partial charge in [-0.2, -0.15) is 9.97 Å². The molecule has 9 heterocycles. The van der Waals surface area contributed by atoms with Crippen LogP contribution in [-0.4, -0.2) is 81.7 Å². The zero-order valence-corrected chi connectivity index (χ0v) is 38.6. The highest BCUT2D eigenvalue weighted by molar-refractivity contribution is 5.85.